The second-order valence-electron chi connectivity index (χ2n) is 4.55. The number of rotatable bonds is 4. The summed E-state index contributed by atoms with van der Waals surface area (Å²) in [6, 6.07) is 9.75. The van der Waals surface area contributed by atoms with Gasteiger partial charge in [0, 0.05) is 0 Å². The fourth-order valence-electron chi connectivity index (χ4n) is 1.99. The van der Waals surface area contributed by atoms with E-state index in [1.54, 1.807) is 30.5 Å². The number of halogens is 2. The maximum absolute atomic E-state index is 13.1. The molecule has 0 amide bonds. The van der Waals surface area contributed by atoms with Gasteiger partial charge in [0.05, 0.1) is 28.8 Å². The minimum atomic E-state index is -3.98. The van der Waals surface area contributed by atoms with Gasteiger partial charge in [0.25, 0.3) is 10.0 Å². The lowest BCUT2D eigenvalue weighted by atomic mass is 10.3. The van der Waals surface area contributed by atoms with Gasteiger partial charge in [-0.25, -0.2) is 17.5 Å². The van der Waals surface area contributed by atoms with Crippen LogP contribution in [0.4, 0.5) is 10.1 Å². The van der Waals surface area contributed by atoms with Crippen molar-refractivity contribution in [1.82, 2.24) is 15.0 Å². The topological polar surface area (TPSA) is 76.9 Å². The maximum atomic E-state index is 13.1. The van der Waals surface area contributed by atoms with Crippen LogP contribution in [0, 0.1) is 5.82 Å². The standard InChI is InChI=1S/C14H10ClFN4O2S/c15-11-9-10(16)5-6-14(11)23(21,22)18-12-3-1-2-4-13(12)20-8-7-17-19-20/h1-9,18H. The van der Waals surface area contributed by atoms with E-state index in [1.807, 2.05) is 0 Å². The number of nitrogens with zero attached hydrogens (tertiary/aromatic N) is 3. The Morgan fingerprint density at radius 1 is 1.17 bits per heavy atom. The molecule has 0 saturated heterocycles. The van der Waals surface area contributed by atoms with Crippen LogP contribution in [0.25, 0.3) is 5.69 Å². The molecular weight excluding hydrogens is 343 g/mol. The second kappa shape index (κ2) is 5.98. The molecule has 0 saturated carbocycles. The predicted molar refractivity (Wildman–Crippen MR) is 83.6 cm³/mol. The molecule has 9 heteroatoms. The normalized spacial score (nSPS) is 11.4. The van der Waals surface area contributed by atoms with Crippen LogP contribution in [-0.2, 0) is 10.0 Å². The molecule has 0 atom stereocenters. The predicted octanol–water partition coefficient (Wildman–Crippen LogP) is 2.86. The summed E-state index contributed by atoms with van der Waals surface area (Å²) in [4.78, 5) is -0.214. The lowest BCUT2D eigenvalue weighted by Gasteiger charge is -2.13. The van der Waals surface area contributed by atoms with E-state index in [4.69, 9.17) is 11.6 Å². The number of aromatic nitrogens is 3. The van der Waals surface area contributed by atoms with Gasteiger partial charge in [0.2, 0.25) is 0 Å². The lowest BCUT2D eigenvalue weighted by Crippen LogP contribution is -2.15. The van der Waals surface area contributed by atoms with Crippen molar-refractivity contribution in [3.05, 3.63) is 65.7 Å². The maximum Gasteiger partial charge on any atom is 0.263 e. The van der Waals surface area contributed by atoms with Gasteiger partial charge in [0.1, 0.15) is 10.7 Å². The zero-order valence-electron chi connectivity index (χ0n) is 11.5. The monoisotopic (exact) mass is 352 g/mol. The van der Waals surface area contributed by atoms with Crippen molar-refractivity contribution in [1.29, 1.82) is 0 Å². The van der Waals surface area contributed by atoms with E-state index in [0.717, 1.165) is 18.2 Å². The molecule has 0 spiro atoms. The summed E-state index contributed by atoms with van der Waals surface area (Å²) >= 11 is 5.83. The van der Waals surface area contributed by atoms with Crippen molar-refractivity contribution in [2.45, 2.75) is 4.90 Å². The molecule has 23 heavy (non-hydrogen) atoms. The average molecular weight is 353 g/mol. The van der Waals surface area contributed by atoms with Crippen molar-refractivity contribution in [3.63, 3.8) is 0 Å². The molecule has 2 aromatic carbocycles. The fourth-order valence-corrected chi connectivity index (χ4v) is 3.60. The molecule has 3 aromatic rings. The average Bonchev–Trinajstić information content (AvgIpc) is 3.01. The minimum absolute atomic E-state index is 0.198. The van der Waals surface area contributed by atoms with Crippen molar-refractivity contribution < 1.29 is 12.8 Å². The number of sulfonamides is 1. The molecule has 0 aliphatic carbocycles. The van der Waals surface area contributed by atoms with Gasteiger partial charge in [-0.05, 0) is 30.3 Å². The molecule has 0 aliphatic heterocycles. The zero-order chi connectivity index (χ0) is 16.4. The fraction of sp³-hybridized carbons (Fsp3) is 0. The summed E-state index contributed by atoms with van der Waals surface area (Å²) in [6.07, 6.45) is 3.06. The highest BCUT2D eigenvalue weighted by Crippen LogP contribution is 2.27. The lowest BCUT2D eigenvalue weighted by molar-refractivity contribution is 0.599. The van der Waals surface area contributed by atoms with Gasteiger partial charge in [0.15, 0.2) is 0 Å². The number of hydrogen-bond donors (Lipinski definition) is 1. The highest BCUT2D eigenvalue weighted by molar-refractivity contribution is 7.92. The summed E-state index contributed by atoms with van der Waals surface area (Å²) < 4.78 is 41.9. The van der Waals surface area contributed by atoms with Crippen LogP contribution >= 0.6 is 11.6 Å². The minimum Gasteiger partial charge on any atom is -0.277 e. The third-order valence-electron chi connectivity index (χ3n) is 3.00. The Kier molecular flexibility index (Phi) is 4.01. The van der Waals surface area contributed by atoms with Crippen LogP contribution in [0.3, 0.4) is 0 Å². The van der Waals surface area contributed by atoms with Gasteiger partial charge in [-0.3, -0.25) is 4.72 Å². The summed E-state index contributed by atoms with van der Waals surface area (Å²) in [6.45, 7) is 0. The summed E-state index contributed by atoms with van der Waals surface area (Å²) in [5.41, 5.74) is 0.783. The quantitative estimate of drug-likeness (QED) is 0.783. The Labute approximate surface area is 136 Å². The number of hydrogen-bond acceptors (Lipinski definition) is 4. The largest absolute Gasteiger partial charge is 0.277 e. The molecule has 6 nitrogen and oxygen atoms in total. The first-order chi connectivity index (χ1) is 11.0. The van der Waals surface area contributed by atoms with Crippen LogP contribution in [0.1, 0.15) is 0 Å². The van der Waals surface area contributed by atoms with Crippen molar-refractivity contribution in [2.75, 3.05) is 4.72 Å². The van der Waals surface area contributed by atoms with Gasteiger partial charge in [-0.1, -0.05) is 28.9 Å². The molecule has 0 fully saturated rings. The van der Waals surface area contributed by atoms with Crippen molar-refractivity contribution in [3.8, 4) is 5.69 Å². The van der Waals surface area contributed by atoms with Crippen LogP contribution in [0.2, 0.25) is 5.02 Å². The van der Waals surface area contributed by atoms with Gasteiger partial charge in [-0.2, -0.15) is 0 Å². The van der Waals surface area contributed by atoms with E-state index < -0.39 is 15.8 Å². The van der Waals surface area contributed by atoms with Gasteiger partial charge in [-0.15, -0.1) is 5.10 Å². The van der Waals surface area contributed by atoms with Crippen LogP contribution in [0.5, 0.6) is 0 Å². The van der Waals surface area contributed by atoms with E-state index in [1.165, 1.54) is 10.9 Å². The molecule has 118 valence electrons. The zero-order valence-corrected chi connectivity index (χ0v) is 13.1. The van der Waals surface area contributed by atoms with Gasteiger partial charge < -0.3 is 0 Å². The molecule has 3 rings (SSSR count). The highest BCUT2D eigenvalue weighted by Gasteiger charge is 2.20. The SMILES string of the molecule is O=S(=O)(Nc1ccccc1-n1ccnn1)c1ccc(F)cc1Cl. The molecule has 1 aromatic heterocycles. The highest BCUT2D eigenvalue weighted by atomic mass is 35.5. The van der Waals surface area contributed by atoms with E-state index in [9.17, 15) is 12.8 Å². The summed E-state index contributed by atoms with van der Waals surface area (Å²) in [5, 5.41) is 7.33. The molecule has 0 bridgehead atoms. The molecular formula is C14H10ClFN4O2S. The van der Waals surface area contributed by atoms with E-state index in [2.05, 4.69) is 15.0 Å². The molecule has 0 unspecified atom stereocenters. The third kappa shape index (κ3) is 3.17. The Balaban J connectivity index is 2.02. The number of para-hydroxylation sites is 2. The van der Waals surface area contributed by atoms with Crippen LogP contribution < -0.4 is 4.72 Å². The Morgan fingerprint density at radius 3 is 2.65 bits per heavy atom. The van der Waals surface area contributed by atoms with E-state index in [0.29, 0.717) is 11.4 Å². The van der Waals surface area contributed by atoms with Crippen molar-refractivity contribution >= 4 is 27.3 Å². The van der Waals surface area contributed by atoms with Crippen LogP contribution in [0.15, 0.2) is 59.8 Å². The number of benzene rings is 2. The smallest absolute Gasteiger partial charge is 0.263 e. The van der Waals surface area contributed by atoms with E-state index in [-0.39, 0.29) is 9.92 Å². The Bertz CT molecular complexity index is 945. The molecule has 1 heterocycles. The molecule has 0 radical (unpaired) electrons. The van der Waals surface area contributed by atoms with Crippen LogP contribution in [-0.4, -0.2) is 23.4 Å². The Hall–Kier alpha value is -2.45. The summed E-state index contributed by atoms with van der Waals surface area (Å²) in [7, 11) is -3.98. The first-order valence-electron chi connectivity index (χ1n) is 6.41. The number of anilines is 1. The molecule has 1 N–H and O–H groups in total. The first-order valence-corrected chi connectivity index (χ1v) is 8.27. The van der Waals surface area contributed by atoms with Crippen molar-refractivity contribution in [2.24, 2.45) is 0 Å². The third-order valence-corrected chi connectivity index (χ3v) is 4.85. The molecule has 0 aliphatic rings. The second-order valence-corrected chi connectivity index (χ2v) is 6.60. The van der Waals surface area contributed by atoms with E-state index >= 15 is 0 Å². The summed E-state index contributed by atoms with van der Waals surface area (Å²) in [5.74, 6) is -0.614. The van der Waals surface area contributed by atoms with Gasteiger partial charge >= 0.3 is 0 Å². The Morgan fingerprint density at radius 2 is 1.96 bits per heavy atom. The first kappa shape index (κ1) is 15.4. The number of nitrogens with one attached hydrogen (secondary N) is 1.